The lowest BCUT2D eigenvalue weighted by molar-refractivity contribution is 0.340. The van der Waals surface area contributed by atoms with E-state index in [1.807, 2.05) is 67.6 Å². The Hall–Kier alpha value is -3.33. The molecule has 128 valence electrons. The molecule has 4 aromatic rings. The number of hydrogen-bond acceptors (Lipinski definition) is 3. The van der Waals surface area contributed by atoms with E-state index in [1.165, 1.54) is 5.56 Å². The highest BCUT2D eigenvalue weighted by molar-refractivity contribution is 5.82. The van der Waals surface area contributed by atoms with Gasteiger partial charge in [0.15, 0.2) is 5.58 Å². The largest absolute Gasteiger partial charge is 0.494 e. The second-order valence-electron chi connectivity index (χ2n) is 5.94. The van der Waals surface area contributed by atoms with Crippen molar-refractivity contribution in [1.29, 1.82) is 0 Å². The van der Waals surface area contributed by atoms with Crippen LogP contribution in [-0.2, 0) is 0 Å². The summed E-state index contributed by atoms with van der Waals surface area (Å²) in [4.78, 5) is 4.58. The number of benzene rings is 3. The number of ether oxygens (including phenoxy) is 1. The van der Waals surface area contributed by atoms with Crippen LogP contribution in [0.2, 0.25) is 0 Å². The molecule has 3 aromatic carbocycles. The van der Waals surface area contributed by atoms with Gasteiger partial charge in [-0.3, -0.25) is 0 Å². The Morgan fingerprint density at radius 1 is 0.885 bits per heavy atom. The van der Waals surface area contributed by atoms with Crippen LogP contribution in [0.1, 0.15) is 18.4 Å². The predicted octanol–water partition coefficient (Wildman–Crippen LogP) is 6.06. The van der Waals surface area contributed by atoms with E-state index in [4.69, 9.17) is 9.15 Å². The summed E-state index contributed by atoms with van der Waals surface area (Å²) >= 11 is 0. The predicted molar refractivity (Wildman–Crippen MR) is 106 cm³/mol. The first-order valence-electron chi connectivity index (χ1n) is 8.69. The molecule has 0 radical (unpaired) electrons. The molecule has 3 heteroatoms. The molecule has 0 N–H and O–H groups in total. The van der Waals surface area contributed by atoms with Crippen molar-refractivity contribution in [3.63, 3.8) is 0 Å². The van der Waals surface area contributed by atoms with Crippen molar-refractivity contribution in [2.75, 3.05) is 6.61 Å². The van der Waals surface area contributed by atoms with Crippen molar-refractivity contribution in [3.8, 4) is 16.9 Å². The number of hydrogen-bond donors (Lipinski definition) is 0. The highest BCUT2D eigenvalue weighted by atomic mass is 16.5. The minimum Gasteiger partial charge on any atom is -0.494 e. The molecule has 0 fully saturated rings. The van der Waals surface area contributed by atoms with Gasteiger partial charge < -0.3 is 9.15 Å². The Kier molecular flexibility index (Phi) is 4.52. The van der Waals surface area contributed by atoms with E-state index < -0.39 is 0 Å². The molecule has 0 unspecified atom stereocenters. The summed E-state index contributed by atoms with van der Waals surface area (Å²) in [6.07, 6.45) is 3.87. The third-order valence-corrected chi connectivity index (χ3v) is 4.12. The number of oxazole rings is 1. The molecule has 1 heterocycles. The van der Waals surface area contributed by atoms with Crippen molar-refractivity contribution in [2.45, 2.75) is 6.92 Å². The maximum Gasteiger partial charge on any atom is 0.220 e. The van der Waals surface area contributed by atoms with E-state index in [9.17, 15) is 0 Å². The van der Waals surface area contributed by atoms with Gasteiger partial charge in [-0.2, -0.15) is 0 Å². The van der Waals surface area contributed by atoms with Crippen molar-refractivity contribution in [3.05, 3.63) is 84.3 Å². The van der Waals surface area contributed by atoms with E-state index in [-0.39, 0.29) is 0 Å². The van der Waals surface area contributed by atoms with Crippen LogP contribution in [-0.4, -0.2) is 11.6 Å². The molecule has 0 atom stereocenters. The Morgan fingerprint density at radius 2 is 1.69 bits per heavy atom. The van der Waals surface area contributed by atoms with Crippen molar-refractivity contribution in [2.24, 2.45) is 0 Å². The van der Waals surface area contributed by atoms with Gasteiger partial charge in [-0.1, -0.05) is 48.5 Å². The topological polar surface area (TPSA) is 35.3 Å². The zero-order valence-electron chi connectivity index (χ0n) is 14.6. The minimum atomic E-state index is 0.596. The van der Waals surface area contributed by atoms with Crippen LogP contribution in [0, 0.1) is 0 Å². The first kappa shape index (κ1) is 16.2. The maximum absolute atomic E-state index is 5.82. The molecule has 0 saturated heterocycles. The van der Waals surface area contributed by atoms with Gasteiger partial charge in [0.2, 0.25) is 5.89 Å². The molecular formula is C23H19NO2. The maximum atomic E-state index is 5.82. The third kappa shape index (κ3) is 3.52. The van der Waals surface area contributed by atoms with E-state index >= 15 is 0 Å². The van der Waals surface area contributed by atoms with E-state index in [0.29, 0.717) is 12.5 Å². The number of rotatable bonds is 5. The molecular weight excluding hydrogens is 322 g/mol. The highest BCUT2D eigenvalue weighted by Gasteiger charge is 2.05. The summed E-state index contributed by atoms with van der Waals surface area (Å²) in [6.45, 7) is 2.65. The quantitative estimate of drug-likeness (QED) is 0.442. The van der Waals surface area contributed by atoms with Crippen LogP contribution in [0.3, 0.4) is 0 Å². The number of nitrogens with zero attached hydrogens (tertiary/aromatic N) is 1. The third-order valence-electron chi connectivity index (χ3n) is 4.12. The molecule has 0 spiro atoms. The van der Waals surface area contributed by atoms with E-state index in [2.05, 4.69) is 29.2 Å². The van der Waals surface area contributed by atoms with Gasteiger partial charge in [0, 0.05) is 6.08 Å². The lowest BCUT2D eigenvalue weighted by atomic mass is 10.1. The summed E-state index contributed by atoms with van der Waals surface area (Å²) in [7, 11) is 0. The smallest absolute Gasteiger partial charge is 0.220 e. The minimum absolute atomic E-state index is 0.596. The Morgan fingerprint density at radius 3 is 2.46 bits per heavy atom. The zero-order chi connectivity index (χ0) is 17.8. The summed E-state index contributed by atoms with van der Waals surface area (Å²) in [5, 5.41) is 0. The van der Waals surface area contributed by atoms with Crippen LogP contribution in [0.4, 0.5) is 0 Å². The van der Waals surface area contributed by atoms with Crippen LogP contribution in [0.15, 0.2) is 77.2 Å². The van der Waals surface area contributed by atoms with Gasteiger partial charge in [-0.25, -0.2) is 4.98 Å². The summed E-state index contributed by atoms with van der Waals surface area (Å²) < 4.78 is 11.3. The Balaban J connectivity index is 1.57. The zero-order valence-corrected chi connectivity index (χ0v) is 14.6. The molecule has 4 rings (SSSR count). The van der Waals surface area contributed by atoms with E-state index in [0.717, 1.165) is 28.0 Å². The fraction of sp³-hybridized carbons (Fsp3) is 0.0870. The summed E-state index contributed by atoms with van der Waals surface area (Å²) in [6, 6.07) is 24.3. The van der Waals surface area contributed by atoms with Gasteiger partial charge in [0.25, 0.3) is 0 Å². The molecule has 0 aliphatic rings. The molecule has 1 aromatic heterocycles. The van der Waals surface area contributed by atoms with Crippen LogP contribution >= 0.6 is 0 Å². The van der Waals surface area contributed by atoms with Gasteiger partial charge in [0.1, 0.15) is 11.3 Å². The second-order valence-corrected chi connectivity index (χ2v) is 5.94. The van der Waals surface area contributed by atoms with Gasteiger partial charge in [-0.15, -0.1) is 0 Å². The number of fused-ring (bicyclic) bond motifs is 1. The normalized spacial score (nSPS) is 11.3. The average molecular weight is 341 g/mol. The Bertz CT molecular complexity index is 1030. The molecule has 0 bridgehead atoms. The lowest BCUT2D eigenvalue weighted by Gasteiger charge is -2.01. The van der Waals surface area contributed by atoms with Crippen molar-refractivity contribution < 1.29 is 9.15 Å². The molecule has 0 aliphatic carbocycles. The van der Waals surface area contributed by atoms with Gasteiger partial charge >= 0.3 is 0 Å². The van der Waals surface area contributed by atoms with Crippen molar-refractivity contribution in [1.82, 2.24) is 4.98 Å². The molecule has 3 nitrogen and oxygen atoms in total. The van der Waals surface area contributed by atoms with Crippen molar-refractivity contribution >= 4 is 23.3 Å². The second kappa shape index (κ2) is 7.28. The standard InChI is InChI=1S/C23H19NO2/c1-2-25-20-12-8-17(9-13-20)10-15-23-24-21-16-19(11-14-22(21)26-23)18-6-4-3-5-7-18/h3-16H,2H2,1H3/b15-10-. The van der Waals surface area contributed by atoms with Crippen LogP contribution < -0.4 is 4.74 Å². The molecule has 26 heavy (non-hydrogen) atoms. The fourth-order valence-electron chi connectivity index (χ4n) is 2.84. The fourth-order valence-corrected chi connectivity index (χ4v) is 2.84. The van der Waals surface area contributed by atoms with Gasteiger partial charge in [-0.05, 0) is 54.0 Å². The Labute approximate surface area is 152 Å². The van der Waals surface area contributed by atoms with Crippen LogP contribution in [0.5, 0.6) is 5.75 Å². The first-order valence-corrected chi connectivity index (χ1v) is 8.69. The van der Waals surface area contributed by atoms with E-state index in [1.54, 1.807) is 0 Å². The molecule has 0 amide bonds. The molecule has 0 saturated carbocycles. The SMILES string of the molecule is CCOc1ccc(/C=C\c2nc3cc(-c4ccccc4)ccc3o2)cc1. The van der Waals surface area contributed by atoms with Gasteiger partial charge in [0.05, 0.1) is 6.61 Å². The van der Waals surface area contributed by atoms with Crippen LogP contribution in [0.25, 0.3) is 34.4 Å². The lowest BCUT2D eigenvalue weighted by Crippen LogP contribution is -1.90. The summed E-state index contributed by atoms with van der Waals surface area (Å²) in [5.74, 6) is 1.47. The average Bonchev–Trinajstić information content (AvgIpc) is 3.10. The highest BCUT2D eigenvalue weighted by Crippen LogP contribution is 2.25. The monoisotopic (exact) mass is 341 g/mol. The summed E-state index contributed by atoms with van der Waals surface area (Å²) in [5.41, 5.74) is 5.02. The number of aromatic nitrogens is 1. The first-order chi connectivity index (χ1) is 12.8. The molecule has 0 aliphatic heterocycles.